The van der Waals surface area contributed by atoms with Crippen LogP contribution in [0.2, 0.25) is 0 Å². The fourth-order valence-corrected chi connectivity index (χ4v) is 13.5. The van der Waals surface area contributed by atoms with E-state index in [1.807, 2.05) is 21.1 Å². The molecule has 0 aromatic heterocycles. The van der Waals surface area contributed by atoms with Gasteiger partial charge in [0.2, 0.25) is 0 Å². The second kappa shape index (κ2) is 78.6. The van der Waals surface area contributed by atoms with Gasteiger partial charge in [0, 0.05) is 12.8 Å². The highest BCUT2D eigenvalue weighted by Gasteiger charge is 2.27. The van der Waals surface area contributed by atoms with E-state index in [0.29, 0.717) is 23.9 Å². The SMILES string of the molecule is CC/C=C\C/C=C\C/C=C\C/C=C\C/C=C\CCCCCCCCCCCCCCCCCCCC(=O)OC(COC(=O)CCCCCCCCCCCCCCCCCCCCCCCCCCCCCCC/C=C\CCCCCCCCCC)COP(=O)(O)OCC[N+](C)(C)C. The molecule has 0 bridgehead atoms. The molecule has 0 spiro atoms. The van der Waals surface area contributed by atoms with Gasteiger partial charge in [0.05, 0.1) is 27.7 Å². The topological polar surface area (TPSA) is 108 Å². The molecule has 0 aromatic carbocycles. The van der Waals surface area contributed by atoms with Crippen molar-refractivity contribution in [3.05, 3.63) is 72.9 Å². The van der Waals surface area contributed by atoms with Gasteiger partial charge >= 0.3 is 19.8 Å². The fourth-order valence-electron chi connectivity index (χ4n) is 12.8. The van der Waals surface area contributed by atoms with Crippen LogP contribution < -0.4 is 0 Å². The molecule has 574 valence electrons. The van der Waals surface area contributed by atoms with Crippen molar-refractivity contribution in [1.29, 1.82) is 0 Å². The number of phosphoric ester groups is 1. The summed E-state index contributed by atoms with van der Waals surface area (Å²) in [6.45, 7) is 4.39. The fraction of sp³-hybridized carbons (Fsp3) is 0.841. The molecule has 0 radical (unpaired) electrons. The van der Waals surface area contributed by atoms with E-state index >= 15 is 0 Å². The van der Waals surface area contributed by atoms with E-state index in [9.17, 15) is 19.0 Å². The lowest BCUT2D eigenvalue weighted by Crippen LogP contribution is -2.37. The number of rotatable bonds is 80. The van der Waals surface area contributed by atoms with Crippen LogP contribution >= 0.6 is 7.82 Å². The Kier molecular flexibility index (Phi) is 76.5. The number of hydrogen-bond donors (Lipinski definition) is 1. The highest BCUT2D eigenvalue weighted by molar-refractivity contribution is 7.47. The molecule has 2 atom stereocenters. The smallest absolute Gasteiger partial charge is 0.462 e. The number of unbranched alkanes of at least 4 members (excludes halogenated alkanes) is 54. The van der Waals surface area contributed by atoms with Crippen LogP contribution in [0.1, 0.15) is 425 Å². The first-order chi connectivity index (χ1) is 48.0. The Morgan fingerprint density at radius 1 is 0.327 bits per heavy atom. The van der Waals surface area contributed by atoms with Crippen molar-refractivity contribution < 1.29 is 42.1 Å². The van der Waals surface area contributed by atoms with Gasteiger partial charge in [-0.05, 0) is 83.5 Å². The molecule has 0 saturated carbocycles. The maximum atomic E-state index is 12.9. The number of likely N-dealkylation sites (N-methyl/N-ethyl adjacent to an activating group) is 1. The molecule has 0 saturated heterocycles. The van der Waals surface area contributed by atoms with Crippen LogP contribution in [0.5, 0.6) is 0 Å². The number of hydrogen-bond acceptors (Lipinski definition) is 7. The highest BCUT2D eigenvalue weighted by Crippen LogP contribution is 2.43. The van der Waals surface area contributed by atoms with E-state index in [1.54, 1.807) is 0 Å². The lowest BCUT2D eigenvalue weighted by molar-refractivity contribution is -0.870. The summed E-state index contributed by atoms with van der Waals surface area (Å²) >= 11 is 0. The normalized spacial score (nSPS) is 13.3. The molecule has 0 rings (SSSR count). The van der Waals surface area contributed by atoms with Crippen molar-refractivity contribution in [2.24, 2.45) is 0 Å². The predicted molar refractivity (Wildman–Crippen MR) is 427 cm³/mol. The van der Waals surface area contributed by atoms with Gasteiger partial charge in [0.25, 0.3) is 0 Å². The van der Waals surface area contributed by atoms with E-state index in [4.69, 9.17) is 18.5 Å². The van der Waals surface area contributed by atoms with Crippen LogP contribution in [0.4, 0.5) is 0 Å². The minimum Gasteiger partial charge on any atom is -0.462 e. The number of carbonyl (C=O) groups is 2. The van der Waals surface area contributed by atoms with E-state index in [2.05, 4.69) is 86.8 Å². The van der Waals surface area contributed by atoms with Crippen LogP contribution in [0, 0.1) is 0 Å². The molecule has 0 aliphatic heterocycles. The average molecular weight is 1400 g/mol. The Bertz CT molecular complexity index is 1890. The second-order valence-corrected chi connectivity index (χ2v) is 31.6. The number of carbonyl (C=O) groups excluding carboxylic acids is 2. The van der Waals surface area contributed by atoms with E-state index in [0.717, 1.165) is 64.2 Å². The lowest BCUT2D eigenvalue weighted by atomic mass is 10.0. The number of ether oxygens (including phenoxy) is 2. The summed E-state index contributed by atoms with van der Waals surface area (Å²) in [6.07, 6.45) is 108. The van der Waals surface area contributed by atoms with Gasteiger partial charge in [0.1, 0.15) is 19.8 Å². The van der Waals surface area contributed by atoms with Crippen LogP contribution in [0.15, 0.2) is 72.9 Å². The number of allylic oxidation sites excluding steroid dienone is 12. The maximum absolute atomic E-state index is 12.9. The molecule has 0 amide bonds. The molecular weight excluding hydrogens is 1230 g/mol. The average Bonchev–Trinajstić information content (AvgIpc) is 1.08. The minimum atomic E-state index is -4.40. The Balaban J connectivity index is 3.87. The van der Waals surface area contributed by atoms with Crippen molar-refractivity contribution >= 4 is 19.8 Å². The van der Waals surface area contributed by atoms with Gasteiger partial charge < -0.3 is 18.9 Å². The Morgan fingerprint density at radius 2 is 0.582 bits per heavy atom. The molecule has 0 heterocycles. The van der Waals surface area contributed by atoms with Crippen molar-refractivity contribution in [3.8, 4) is 0 Å². The third-order valence-corrected chi connectivity index (χ3v) is 20.2. The number of phosphoric acid groups is 1. The first kappa shape index (κ1) is 95.5. The Morgan fingerprint density at radius 3 is 0.878 bits per heavy atom. The Hall–Kier alpha value is -2.55. The first-order valence-corrected chi connectivity index (χ1v) is 44.2. The Labute approximate surface area is 609 Å². The summed E-state index contributed by atoms with van der Waals surface area (Å²) in [5.74, 6) is -0.776. The molecular formula is C88H165NO8P+. The minimum absolute atomic E-state index is 0.0330. The molecule has 0 aromatic rings. The van der Waals surface area contributed by atoms with Gasteiger partial charge in [-0.25, -0.2) is 4.57 Å². The van der Waals surface area contributed by atoms with Crippen molar-refractivity contribution in [2.45, 2.75) is 431 Å². The summed E-state index contributed by atoms with van der Waals surface area (Å²) in [4.78, 5) is 36.0. The number of nitrogens with zero attached hydrogens (tertiary/aromatic N) is 1. The maximum Gasteiger partial charge on any atom is 0.472 e. The van der Waals surface area contributed by atoms with E-state index < -0.39 is 26.5 Å². The zero-order valence-electron chi connectivity index (χ0n) is 65.8. The zero-order chi connectivity index (χ0) is 71.1. The highest BCUT2D eigenvalue weighted by atomic mass is 31.2. The van der Waals surface area contributed by atoms with Gasteiger partial charge in [-0.2, -0.15) is 0 Å². The van der Waals surface area contributed by atoms with Gasteiger partial charge in [-0.1, -0.05) is 401 Å². The van der Waals surface area contributed by atoms with Gasteiger partial charge in [-0.15, -0.1) is 0 Å². The number of quaternary nitrogens is 1. The zero-order valence-corrected chi connectivity index (χ0v) is 66.7. The third-order valence-electron chi connectivity index (χ3n) is 19.2. The van der Waals surface area contributed by atoms with Crippen LogP contribution in [-0.4, -0.2) is 74.9 Å². The summed E-state index contributed by atoms with van der Waals surface area (Å²) in [5.41, 5.74) is 0. The summed E-state index contributed by atoms with van der Waals surface area (Å²) in [5, 5.41) is 0. The summed E-state index contributed by atoms with van der Waals surface area (Å²) < 4.78 is 34.9. The van der Waals surface area contributed by atoms with Gasteiger partial charge in [-0.3, -0.25) is 18.6 Å². The monoisotopic (exact) mass is 1400 g/mol. The summed E-state index contributed by atoms with van der Waals surface area (Å²) in [6, 6.07) is 0. The standard InChI is InChI=1S/C88H164NO8P/c1-6-8-10-12-14-16-18-20-22-24-26-28-30-32-34-36-38-40-41-42-43-44-45-46-47-49-50-52-54-56-58-60-62-64-66-68-70-72-74-76-78-80-87(90)94-84-86(85-96-98(92,93)95-83-82-89(3,4)5)97-88(91)81-79-77-75-73-71-69-67-65-63-61-59-57-55-53-51-48-39-37-35-33-31-29-27-25-23-21-19-17-15-13-11-9-7-2/h9,11,15,17,21,23-24,26-27,29,33,35,86H,6-8,10,12-14,16,18-20,22,25,28,30-32,34,36-85H2,1-5H3/p+1/b11-9-,17-15-,23-21-,26-24-,29-27-,35-33-. The van der Waals surface area contributed by atoms with E-state index in [1.165, 1.54) is 327 Å². The molecule has 1 N–H and O–H groups in total. The van der Waals surface area contributed by atoms with Crippen molar-refractivity contribution in [2.75, 3.05) is 47.5 Å². The van der Waals surface area contributed by atoms with Crippen molar-refractivity contribution in [3.63, 3.8) is 0 Å². The molecule has 2 unspecified atom stereocenters. The first-order valence-electron chi connectivity index (χ1n) is 42.7. The molecule has 9 nitrogen and oxygen atoms in total. The van der Waals surface area contributed by atoms with Crippen LogP contribution in [0.3, 0.4) is 0 Å². The molecule has 0 aliphatic carbocycles. The van der Waals surface area contributed by atoms with Crippen LogP contribution in [-0.2, 0) is 32.7 Å². The van der Waals surface area contributed by atoms with Crippen molar-refractivity contribution in [1.82, 2.24) is 0 Å². The van der Waals surface area contributed by atoms with Gasteiger partial charge in [0.15, 0.2) is 6.10 Å². The molecule has 0 fully saturated rings. The number of esters is 2. The predicted octanol–water partition coefficient (Wildman–Crippen LogP) is 28.6. The molecule has 0 aliphatic rings. The molecule has 10 heteroatoms. The third kappa shape index (κ3) is 82.4. The molecule has 98 heavy (non-hydrogen) atoms. The second-order valence-electron chi connectivity index (χ2n) is 30.2. The quantitative estimate of drug-likeness (QED) is 0.0211. The largest absolute Gasteiger partial charge is 0.472 e. The lowest BCUT2D eigenvalue weighted by Gasteiger charge is -2.24. The summed E-state index contributed by atoms with van der Waals surface area (Å²) in [7, 11) is 1.50. The van der Waals surface area contributed by atoms with Crippen LogP contribution in [0.25, 0.3) is 0 Å². The van der Waals surface area contributed by atoms with E-state index in [-0.39, 0.29) is 25.6 Å².